The summed E-state index contributed by atoms with van der Waals surface area (Å²) in [6.45, 7) is -0.139. The van der Waals surface area contributed by atoms with Crippen molar-refractivity contribution in [1.82, 2.24) is 4.98 Å². The number of carboxylic acids is 1. The number of carbonyl (C=O) groups is 2. The number of amides is 1. The number of para-hydroxylation sites is 1. The number of carbonyl (C=O) groups excluding carboxylic acids is 1. The summed E-state index contributed by atoms with van der Waals surface area (Å²) in [5.41, 5.74) is 5.52. The fourth-order valence-corrected chi connectivity index (χ4v) is 1.74. The molecule has 0 saturated carbocycles. The Morgan fingerprint density at radius 1 is 1.35 bits per heavy atom. The second-order valence-corrected chi connectivity index (χ2v) is 4.18. The molecule has 0 saturated heterocycles. The van der Waals surface area contributed by atoms with Gasteiger partial charge in [-0.05, 0) is 12.1 Å². The first-order valence-corrected chi connectivity index (χ1v) is 5.83. The van der Waals surface area contributed by atoms with Crippen molar-refractivity contribution < 1.29 is 19.8 Å². The topological polar surface area (TPSA) is 126 Å². The number of aliphatic hydroxyl groups is 1. The Kier molecular flexibility index (Phi) is 3.81. The molecule has 2 aromatic rings. The SMILES string of the molecule is NC(=O)C(O)CNc1cc(C(=O)O)c2ccccc2n1. The van der Waals surface area contributed by atoms with Gasteiger partial charge in [-0.1, -0.05) is 18.2 Å². The smallest absolute Gasteiger partial charge is 0.336 e. The summed E-state index contributed by atoms with van der Waals surface area (Å²) in [5, 5.41) is 21.7. The van der Waals surface area contributed by atoms with Crippen LogP contribution in [0.3, 0.4) is 0 Å². The number of aromatic nitrogens is 1. The van der Waals surface area contributed by atoms with Crippen LogP contribution >= 0.6 is 0 Å². The summed E-state index contributed by atoms with van der Waals surface area (Å²) < 4.78 is 0. The molecule has 0 bridgehead atoms. The lowest BCUT2D eigenvalue weighted by atomic mass is 10.1. The average Bonchev–Trinajstić information content (AvgIpc) is 2.43. The van der Waals surface area contributed by atoms with Crippen molar-refractivity contribution in [3.63, 3.8) is 0 Å². The zero-order valence-corrected chi connectivity index (χ0v) is 10.4. The number of hydrogen-bond donors (Lipinski definition) is 4. The number of nitrogens with zero attached hydrogens (tertiary/aromatic N) is 1. The minimum atomic E-state index is -1.36. The summed E-state index contributed by atoms with van der Waals surface area (Å²) in [7, 11) is 0. The zero-order chi connectivity index (χ0) is 14.7. The van der Waals surface area contributed by atoms with Crippen LogP contribution in [-0.4, -0.2) is 39.7 Å². The maximum atomic E-state index is 11.2. The van der Waals surface area contributed by atoms with Gasteiger partial charge in [-0.3, -0.25) is 4.79 Å². The molecule has 104 valence electrons. The van der Waals surface area contributed by atoms with Crippen LogP contribution in [0, 0.1) is 0 Å². The molecule has 2 rings (SSSR count). The first kappa shape index (κ1) is 13.8. The minimum Gasteiger partial charge on any atom is -0.478 e. The Bertz CT molecular complexity index is 672. The van der Waals surface area contributed by atoms with Crippen LogP contribution in [0.4, 0.5) is 5.82 Å². The lowest BCUT2D eigenvalue weighted by molar-refractivity contribution is -0.125. The number of carboxylic acid groups (broad SMARTS) is 1. The largest absolute Gasteiger partial charge is 0.478 e. The lowest BCUT2D eigenvalue weighted by Crippen LogP contribution is -2.34. The van der Waals surface area contributed by atoms with E-state index < -0.39 is 18.0 Å². The Morgan fingerprint density at radius 2 is 2.05 bits per heavy atom. The highest BCUT2D eigenvalue weighted by atomic mass is 16.4. The summed E-state index contributed by atoms with van der Waals surface area (Å²) in [6, 6.07) is 8.15. The van der Waals surface area contributed by atoms with E-state index in [2.05, 4.69) is 10.3 Å². The van der Waals surface area contributed by atoms with Gasteiger partial charge in [-0.2, -0.15) is 0 Å². The van der Waals surface area contributed by atoms with Gasteiger partial charge in [-0.15, -0.1) is 0 Å². The molecule has 1 aromatic heterocycles. The van der Waals surface area contributed by atoms with Crippen molar-refractivity contribution in [3.05, 3.63) is 35.9 Å². The molecule has 7 nitrogen and oxygen atoms in total. The molecule has 1 atom stereocenters. The number of benzene rings is 1. The van der Waals surface area contributed by atoms with E-state index in [9.17, 15) is 19.8 Å². The number of pyridine rings is 1. The standard InChI is InChI=1S/C13H13N3O4/c14-12(18)10(17)6-15-11-5-8(13(19)20)7-3-1-2-4-9(7)16-11/h1-5,10,17H,6H2,(H2,14,18)(H,15,16)(H,19,20). The van der Waals surface area contributed by atoms with E-state index in [-0.39, 0.29) is 17.9 Å². The van der Waals surface area contributed by atoms with Gasteiger partial charge < -0.3 is 21.3 Å². The summed E-state index contributed by atoms with van der Waals surface area (Å²) in [5.74, 6) is -1.69. The number of aliphatic hydroxyl groups excluding tert-OH is 1. The monoisotopic (exact) mass is 275 g/mol. The van der Waals surface area contributed by atoms with E-state index in [4.69, 9.17) is 5.73 Å². The fourth-order valence-electron chi connectivity index (χ4n) is 1.74. The van der Waals surface area contributed by atoms with Crippen LogP contribution in [0.25, 0.3) is 10.9 Å². The number of nitrogens with one attached hydrogen (secondary N) is 1. The zero-order valence-electron chi connectivity index (χ0n) is 10.4. The first-order valence-electron chi connectivity index (χ1n) is 5.83. The van der Waals surface area contributed by atoms with Gasteiger partial charge in [0.2, 0.25) is 5.91 Å². The Morgan fingerprint density at radius 3 is 2.70 bits per heavy atom. The van der Waals surface area contributed by atoms with Crippen molar-refractivity contribution >= 4 is 28.6 Å². The number of hydrogen-bond acceptors (Lipinski definition) is 5. The molecule has 0 aliphatic heterocycles. The Hall–Kier alpha value is -2.67. The van der Waals surface area contributed by atoms with Crippen molar-refractivity contribution in [2.45, 2.75) is 6.10 Å². The minimum absolute atomic E-state index is 0.0895. The molecule has 5 N–H and O–H groups in total. The van der Waals surface area contributed by atoms with E-state index in [0.29, 0.717) is 10.9 Å². The molecule has 1 amide bonds. The van der Waals surface area contributed by atoms with Gasteiger partial charge in [0.15, 0.2) is 0 Å². The lowest BCUT2D eigenvalue weighted by Gasteiger charge is -2.11. The maximum absolute atomic E-state index is 11.2. The van der Waals surface area contributed by atoms with Crippen molar-refractivity contribution in [2.24, 2.45) is 5.73 Å². The van der Waals surface area contributed by atoms with Gasteiger partial charge in [0.1, 0.15) is 11.9 Å². The summed E-state index contributed by atoms with van der Waals surface area (Å²) in [4.78, 5) is 26.2. The van der Waals surface area contributed by atoms with E-state index in [1.165, 1.54) is 6.07 Å². The van der Waals surface area contributed by atoms with Crippen molar-refractivity contribution in [3.8, 4) is 0 Å². The molecule has 7 heteroatoms. The van der Waals surface area contributed by atoms with E-state index >= 15 is 0 Å². The van der Waals surface area contributed by atoms with Crippen LogP contribution in [-0.2, 0) is 4.79 Å². The quantitative estimate of drug-likeness (QED) is 0.617. The van der Waals surface area contributed by atoms with Gasteiger partial charge in [0.25, 0.3) is 0 Å². The molecule has 1 heterocycles. The van der Waals surface area contributed by atoms with Crippen molar-refractivity contribution in [1.29, 1.82) is 0 Å². The molecular formula is C13H13N3O4. The second kappa shape index (κ2) is 5.54. The van der Waals surface area contributed by atoms with E-state index in [0.717, 1.165) is 0 Å². The van der Waals surface area contributed by atoms with Crippen LogP contribution in [0.15, 0.2) is 30.3 Å². The highest BCUT2D eigenvalue weighted by molar-refractivity contribution is 6.03. The fraction of sp³-hybridized carbons (Fsp3) is 0.154. The van der Waals surface area contributed by atoms with Gasteiger partial charge in [0, 0.05) is 5.39 Å². The number of aromatic carboxylic acids is 1. The van der Waals surface area contributed by atoms with E-state index in [1.54, 1.807) is 24.3 Å². The maximum Gasteiger partial charge on any atom is 0.336 e. The number of rotatable bonds is 5. The molecular weight excluding hydrogens is 262 g/mol. The third-order valence-electron chi connectivity index (χ3n) is 2.75. The molecule has 0 aliphatic rings. The van der Waals surface area contributed by atoms with E-state index in [1.807, 2.05) is 0 Å². The number of nitrogens with two attached hydrogens (primary N) is 1. The van der Waals surface area contributed by atoms with Crippen LogP contribution in [0.1, 0.15) is 10.4 Å². The molecule has 0 aliphatic carbocycles. The highest BCUT2D eigenvalue weighted by Crippen LogP contribution is 2.20. The van der Waals surface area contributed by atoms with Gasteiger partial charge in [0.05, 0.1) is 17.6 Å². The Labute approximate surface area is 114 Å². The average molecular weight is 275 g/mol. The normalized spacial score (nSPS) is 12.1. The predicted molar refractivity (Wildman–Crippen MR) is 72.4 cm³/mol. The third kappa shape index (κ3) is 2.83. The summed E-state index contributed by atoms with van der Waals surface area (Å²) >= 11 is 0. The third-order valence-corrected chi connectivity index (χ3v) is 2.75. The van der Waals surface area contributed by atoms with Crippen LogP contribution in [0.5, 0.6) is 0 Å². The number of primary amides is 1. The summed E-state index contributed by atoms with van der Waals surface area (Å²) in [6.07, 6.45) is -1.36. The molecule has 0 spiro atoms. The van der Waals surface area contributed by atoms with Gasteiger partial charge in [-0.25, -0.2) is 9.78 Å². The molecule has 0 fully saturated rings. The molecule has 0 radical (unpaired) electrons. The van der Waals surface area contributed by atoms with Crippen LogP contribution < -0.4 is 11.1 Å². The molecule has 1 aromatic carbocycles. The molecule has 20 heavy (non-hydrogen) atoms. The number of anilines is 1. The molecule has 1 unspecified atom stereocenters. The van der Waals surface area contributed by atoms with Gasteiger partial charge >= 0.3 is 5.97 Å². The predicted octanol–water partition coefficient (Wildman–Crippen LogP) is 0.191. The first-order chi connectivity index (χ1) is 9.49. The number of fused-ring (bicyclic) bond motifs is 1. The van der Waals surface area contributed by atoms with Crippen molar-refractivity contribution in [2.75, 3.05) is 11.9 Å². The second-order valence-electron chi connectivity index (χ2n) is 4.18. The highest BCUT2D eigenvalue weighted by Gasteiger charge is 2.14. The Balaban J connectivity index is 2.35. The van der Waals surface area contributed by atoms with Crippen LogP contribution in [0.2, 0.25) is 0 Å².